The Balaban J connectivity index is 1.89. The lowest BCUT2D eigenvalue weighted by atomic mass is 10.3. The van der Waals surface area contributed by atoms with Crippen LogP contribution in [0.3, 0.4) is 0 Å². The van der Waals surface area contributed by atoms with E-state index in [4.69, 9.17) is 11.6 Å². The molecule has 0 radical (unpaired) electrons. The van der Waals surface area contributed by atoms with Crippen LogP contribution in [0.4, 0.5) is 15.8 Å². The number of likely N-dealkylation sites (N-methyl/N-ethyl adjacent to an activating group) is 1. The first-order valence-electron chi connectivity index (χ1n) is 6.69. The minimum Gasteiger partial charge on any atom is -0.383 e. The third kappa shape index (κ3) is 3.87. The van der Waals surface area contributed by atoms with Crippen molar-refractivity contribution < 1.29 is 4.39 Å². The van der Waals surface area contributed by atoms with Gasteiger partial charge in [0.25, 0.3) is 0 Å². The van der Waals surface area contributed by atoms with Crippen molar-refractivity contribution in [2.24, 2.45) is 0 Å². The van der Waals surface area contributed by atoms with Gasteiger partial charge in [-0.2, -0.15) is 0 Å². The summed E-state index contributed by atoms with van der Waals surface area (Å²) >= 11 is 5.75. The zero-order valence-corrected chi connectivity index (χ0v) is 12.2. The van der Waals surface area contributed by atoms with E-state index in [9.17, 15) is 4.39 Å². The number of anilines is 2. The molecular weight excluding hydrogens is 275 g/mol. The lowest BCUT2D eigenvalue weighted by Crippen LogP contribution is -2.28. The fraction of sp³-hybridized carbons (Fsp3) is 0.250. The number of hydrogen-bond donors (Lipinski definition) is 1. The fourth-order valence-electron chi connectivity index (χ4n) is 2.05. The highest BCUT2D eigenvalue weighted by molar-refractivity contribution is 6.31. The Morgan fingerprint density at radius 3 is 2.55 bits per heavy atom. The number of halogens is 2. The van der Waals surface area contributed by atoms with Crippen LogP contribution in [0, 0.1) is 5.82 Å². The number of nitrogens with zero attached hydrogens (tertiary/aromatic N) is 1. The molecule has 0 fully saturated rings. The van der Waals surface area contributed by atoms with Gasteiger partial charge in [0.2, 0.25) is 0 Å². The van der Waals surface area contributed by atoms with Crippen LogP contribution >= 0.6 is 11.6 Å². The summed E-state index contributed by atoms with van der Waals surface area (Å²) in [6.07, 6.45) is 0. The van der Waals surface area contributed by atoms with Gasteiger partial charge in [-0.05, 0) is 37.3 Å². The Labute approximate surface area is 124 Å². The number of hydrogen-bond acceptors (Lipinski definition) is 2. The Morgan fingerprint density at radius 2 is 1.90 bits per heavy atom. The summed E-state index contributed by atoms with van der Waals surface area (Å²) < 4.78 is 13.1. The van der Waals surface area contributed by atoms with Gasteiger partial charge in [0, 0.05) is 31.0 Å². The Bertz CT molecular complexity index is 545. The molecule has 0 saturated heterocycles. The Hall–Kier alpha value is -1.74. The molecule has 20 heavy (non-hydrogen) atoms. The zero-order chi connectivity index (χ0) is 14.4. The fourth-order valence-corrected chi connectivity index (χ4v) is 2.23. The van der Waals surface area contributed by atoms with Crippen molar-refractivity contribution >= 4 is 23.0 Å². The van der Waals surface area contributed by atoms with Crippen LogP contribution < -0.4 is 10.2 Å². The molecule has 0 aliphatic heterocycles. The second-order valence-electron chi connectivity index (χ2n) is 4.47. The second kappa shape index (κ2) is 7.15. The van der Waals surface area contributed by atoms with Crippen molar-refractivity contribution in [1.82, 2.24) is 0 Å². The molecule has 106 valence electrons. The smallest absolute Gasteiger partial charge is 0.141 e. The monoisotopic (exact) mass is 292 g/mol. The topological polar surface area (TPSA) is 15.3 Å². The van der Waals surface area contributed by atoms with Crippen molar-refractivity contribution in [3.63, 3.8) is 0 Å². The van der Waals surface area contributed by atoms with E-state index in [1.54, 1.807) is 12.1 Å². The SMILES string of the molecule is CCN(CCNc1ccc(F)c(Cl)c1)c1ccccc1. The van der Waals surface area contributed by atoms with Crippen LogP contribution in [0.5, 0.6) is 0 Å². The highest BCUT2D eigenvalue weighted by Crippen LogP contribution is 2.19. The van der Waals surface area contributed by atoms with E-state index in [1.165, 1.54) is 11.8 Å². The molecule has 0 amide bonds. The van der Waals surface area contributed by atoms with Crippen molar-refractivity contribution in [1.29, 1.82) is 0 Å². The Kier molecular flexibility index (Phi) is 5.24. The predicted octanol–water partition coefficient (Wildman–Crippen LogP) is 4.42. The maximum Gasteiger partial charge on any atom is 0.141 e. The molecule has 4 heteroatoms. The lowest BCUT2D eigenvalue weighted by molar-refractivity contribution is 0.628. The van der Waals surface area contributed by atoms with E-state index < -0.39 is 5.82 Å². The van der Waals surface area contributed by atoms with Gasteiger partial charge in [-0.25, -0.2) is 4.39 Å². The molecule has 2 aromatic carbocycles. The predicted molar refractivity (Wildman–Crippen MR) is 84.2 cm³/mol. The molecule has 0 unspecified atom stereocenters. The van der Waals surface area contributed by atoms with E-state index in [-0.39, 0.29) is 5.02 Å². The first-order chi connectivity index (χ1) is 9.70. The minimum absolute atomic E-state index is 0.144. The van der Waals surface area contributed by atoms with Gasteiger partial charge in [-0.1, -0.05) is 29.8 Å². The first kappa shape index (κ1) is 14.7. The molecule has 0 atom stereocenters. The second-order valence-corrected chi connectivity index (χ2v) is 4.88. The van der Waals surface area contributed by atoms with E-state index in [2.05, 4.69) is 29.3 Å². The maximum absolute atomic E-state index is 13.1. The molecule has 2 rings (SSSR count). The van der Waals surface area contributed by atoms with E-state index >= 15 is 0 Å². The average molecular weight is 293 g/mol. The third-order valence-electron chi connectivity index (χ3n) is 3.13. The van der Waals surface area contributed by atoms with Gasteiger partial charge < -0.3 is 10.2 Å². The summed E-state index contributed by atoms with van der Waals surface area (Å²) in [7, 11) is 0. The summed E-state index contributed by atoms with van der Waals surface area (Å²) in [6, 6.07) is 14.9. The maximum atomic E-state index is 13.1. The van der Waals surface area contributed by atoms with Crippen molar-refractivity contribution in [2.45, 2.75) is 6.92 Å². The Morgan fingerprint density at radius 1 is 1.15 bits per heavy atom. The van der Waals surface area contributed by atoms with Crippen LogP contribution in [-0.2, 0) is 0 Å². The summed E-state index contributed by atoms with van der Waals surface area (Å²) in [5, 5.41) is 3.40. The standard InChI is InChI=1S/C16H18ClFN2/c1-2-20(14-6-4-3-5-7-14)11-10-19-13-8-9-16(18)15(17)12-13/h3-9,12,19H,2,10-11H2,1H3. The molecule has 0 saturated carbocycles. The molecule has 0 aliphatic rings. The highest BCUT2D eigenvalue weighted by atomic mass is 35.5. The van der Waals surface area contributed by atoms with Crippen LogP contribution in [0.15, 0.2) is 48.5 Å². The summed E-state index contributed by atoms with van der Waals surface area (Å²) in [5.74, 6) is -0.392. The molecule has 2 aromatic rings. The van der Waals surface area contributed by atoms with Gasteiger partial charge in [-0.15, -0.1) is 0 Å². The van der Waals surface area contributed by atoms with Gasteiger partial charge in [0.1, 0.15) is 5.82 Å². The number of para-hydroxylation sites is 1. The minimum atomic E-state index is -0.392. The number of nitrogens with one attached hydrogen (secondary N) is 1. The van der Waals surface area contributed by atoms with Gasteiger partial charge in [0.05, 0.1) is 5.02 Å². The quantitative estimate of drug-likeness (QED) is 0.848. The summed E-state index contributed by atoms with van der Waals surface area (Å²) in [6.45, 7) is 4.71. The molecule has 2 nitrogen and oxygen atoms in total. The molecule has 0 aliphatic carbocycles. The molecule has 1 N–H and O–H groups in total. The van der Waals surface area contributed by atoms with Crippen LogP contribution in [0.25, 0.3) is 0 Å². The normalized spacial score (nSPS) is 10.3. The molecule has 0 spiro atoms. The molecule has 0 heterocycles. The average Bonchev–Trinajstić information content (AvgIpc) is 2.48. The summed E-state index contributed by atoms with van der Waals surface area (Å²) in [5.41, 5.74) is 2.04. The van der Waals surface area contributed by atoms with Gasteiger partial charge in [-0.3, -0.25) is 0 Å². The van der Waals surface area contributed by atoms with Crippen LogP contribution in [-0.4, -0.2) is 19.6 Å². The first-order valence-corrected chi connectivity index (χ1v) is 7.07. The molecule has 0 aromatic heterocycles. The van der Waals surface area contributed by atoms with Crippen LogP contribution in [0.1, 0.15) is 6.92 Å². The third-order valence-corrected chi connectivity index (χ3v) is 3.42. The zero-order valence-electron chi connectivity index (χ0n) is 11.4. The molecule has 0 bridgehead atoms. The van der Waals surface area contributed by atoms with E-state index in [1.807, 2.05) is 18.2 Å². The van der Waals surface area contributed by atoms with Gasteiger partial charge in [0.15, 0.2) is 0 Å². The number of rotatable bonds is 6. The van der Waals surface area contributed by atoms with Gasteiger partial charge >= 0.3 is 0 Å². The highest BCUT2D eigenvalue weighted by Gasteiger charge is 2.04. The number of benzene rings is 2. The summed E-state index contributed by atoms with van der Waals surface area (Å²) in [4.78, 5) is 2.28. The molecular formula is C16H18ClFN2. The van der Waals surface area contributed by atoms with E-state index in [0.29, 0.717) is 0 Å². The lowest BCUT2D eigenvalue weighted by Gasteiger charge is -2.23. The largest absolute Gasteiger partial charge is 0.383 e. The van der Waals surface area contributed by atoms with Crippen molar-refractivity contribution in [2.75, 3.05) is 29.9 Å². The van der Waals surface area contributed by atoms with Crippen molar-refractivity contribution in [3.8, 4) is 0 Å². The van der Waals surface area contributed by atoms with Crippen LogP contribution in [0.2, 0.25) is 5.02 Å². The van der Waals surface area contributed by atoms with E-state index in [0.717, 1.165) is 25.3 Å². The van der Waals surface area contributed by atoms with Crippen molar-refractivity contribution in [3.05, 3.63) is 59.4 Å².